The number of sulfonamides is 2. The van der Waals surface area contributed by atoms with Crippen molar-refractivity contribution in [2.45, 2.75) is 74.9 Å². The van der Waals surface area contributed by atoms with Crippen LogP contribution in [-0.4, -0.2) is 44.3 Å². The largest absolute Gasteiger partial charge is 0.467 e. The van der Waals surface area contributed by atoms with Gasteiger partial charge in [-0.1, -0.05) is 39.2 Å². The number of unbranched alkanes of at least 4 members (excludes halogenated alkanes) is 5. The Morgan fingerprint density at radius 2 is 1.22 bits per heavy atom. The van der Waals surface area contributed by atoms with Gasteiger partial charge >= 0.3 is 22.9 Å². The van der Waals surface area contributed by atoms with Gasteiger partial charge in [-0.15, -0.1) is 0 Å². The van der Waals surface area contributed by atoms with Gasteiger partial charge in [0.25, 0.3) is 0 Å². The lowest BCUT2D eigenvalue weighted by Gasteiger charge is -2.31. The van der Waals surface area contributed by atoms with Gasteiger partial charge in [-0.2, -0.15) is 43.9 Å². The molecule has 0 aromatic carbocycles. The quantitative estimate of drug-likeness (QED) is 0.182. The summed E-state index contributed by atoms with van der Waals surface area (Å²) in [6.45, 7) is 7.11. The zero-order valence-corrected chi connectivity index (χ0v) is 20.2. The molecule has 7 nitrogen and oxygen atoms in total. The van der Waals surface area contributed by atoms with Crippen molar-refractivity contribution >= 4 is 26.2 Å². The number of imidazole rings is 1. The minimum Gasteiger partial charge on any atom is -0.425 e. The van der Waals surface area contributed by atoms with E-state index in [1.807, 2.05) is 17.0 Å². The van der Waals surface area contributed by atoms with Crippen molar-refractivity contribution < 1.29 is 65.3 Å². The second-order valence-corrected chi connectivity index (χ2v) is 10.6. The topological polar surface area (TPSA) is 91.2 Å². The summed E-state index contributed by atoms with van der Waals surface area (Å²) in [6.07, 6.45) is 2.18. The van der Waals surface area contributed by atoms with Crippen molar-refractivity contribution in [3.8, 4) is 0 Å². The Morgan fingerprint density at radius 3 is 1.58 bits per heavy atom. The van der Waals surface area contributed by atoms with Crippen molar-refractivity contribution in [3.05, 3.63) is 29.4 Å². The summed E-state index contributed by atoms with van der Waals surface area (Å²) < 4.78 is 165. The molecule has 0 saturated carbocycles. The van der Waals surface area contributed by atoms with Crippen LogP contribution >= 0.6 is 0 Å². The lowest BCUT2D eigenvalue weighted by Crippen LogP contribution is -2.48. The second-order valence-electron chi connectivity index (χ2n) is 7.10. The molecule has 0 aliphatic rings. The highest BCUT2D eigenvalue weighted by Crippen LogP contribution is 2.47. The van der Waals surface area contributed by atoms with E-state index >= 15 is 0 Å². The number of alkyl halides is 10. The summed E-state index contributed by atoms with van der Waals surface area (Å²) in [4.78, 5) is 0. The first kappa shape index (κ1) is 34.1. The van der Waals surface area contributed by atoms with Crippen LogP contribution in [0.4, 0.5) is 43.9 Å². The van der Waals surface area contributed by atoms with Crippen LogP contribution in [0.15, 0.2) is 25.3 Å². The molecule has 212 valence electrons. The van der Waals surface area contributed by atoms with Crippen LogP contribution < -0.4 is 4.57 Å². The Morgan fingerprint density at radius 1 is 0.806 bits per heavy atom. The van der Waals surface area contributed by atoms with Crippen molar-refractivity contribution in [1.29, 1.82) is 0 Å². The fraction of sp³-hybridized carbons (Fsp3) is 0.706. The minimum atomic E-state index is -7.62. The molecule has 0 aliphatic heterocycles. The van der Waals surface area contributed by atoms with Gasteiger partial charge in [-0.05, 0) is 12.8 Å². The van der Waals surface area contributed by atoms with Gasteiger partial charge < -0.3 is 4.13 Å². The molecule has 0 saturated heterocycles. The minimum absolute atomic E-state index is 0.422. The molecule has 0 N–H and O–H groups in total. The summed E-state index contributed by atoms with van der Waals surface area (Å²) in [5.74, 6) is 0. The average Bonchev–Trinajstić information content (AvgIpc) is 3.16. The summed E-state index contributed by atoms with van der Waals surface area (Å²) in [5, 5.41) is -14.0. The Bertz CT molecular complexity index is 995. The molecule has 0 amide bonds. The van der Waals surface area contributed by atoms with E-state index in [0.717, 1.165) is 6.54 Å². The summed E-state index contributed by atoms with van der Waals surface area (Å²) in [6, 6.07) is 0. The molecule has 0 atom stereocenters. The van der Waals surface area contributed by atoms with E-state index in [0.29, 0.717) is 4.13 Å². The Balaban J connectivity index is 0.000000717. The van der Waals surface area contributed by atoms with Crippen molar-refractivity contribution in [2.24, 2.45) is 0 Å². The molecule has 0 bridgehead atoms. The predicted octanol–water partition coefficient (Wildman–Crippen LogP) is 5.57. The third-order valence-corrected chi connectivity index (χ3v) is 7.53. The highest BCUT2D eigenvalue weighted by Gasteiger charge is 2.68. The number of nitrogens with zero attached hydrogens (tertiary/aromatic N) is 3. The molecule has 1 aromatic heterocycles. The first-order valence-corrected chi connectivity index (χ1v) is 12.8. The molecule has 19 heteroatoms. The van der Waals surface area contributed by atoms with E-state index in [-0.39, 0.29) is 0 Å². The molecule has 1 heterocycles. The van der Waals surface area contributed by atoms with Crippen LogP contribution in [0.5, 0.6) is 0 Å². The van der Waals surface area contributed by atoms with Gasteiger partial charge in [-0.25, -0.2) is 26.0 Å². The molecule has 1 rings (SSSR count). The van der Waals surface area contributed by atoms with Gasteiger partial charge in [-0.3, -0.25) is 0 Å². The van der Waals surface area contributed by atoms with Crippen LogP contribution in [-0.2, 0) is 26.6 Å². The fourth-order valence-electron chi connectivity index (χ4n) is 2.24. The maximum atomic E-state index is 12.3. The maximum Gasteiger partial charge on any atom is 0.467 e. The number of aromatic nitrogens is 2. The number of rotatable bonds is 12. The second kappa shape index (κ2) is 12.6. The Hall–Kier alpha value is -1.89. The van der Waals surface area contributed by atoms with Crippen LogP contribution in [0.25, 0.3) is 10.3 Å². The summed E-state index contributed by atoms with van der Waals surface area (Å²) >= 11 is 0. The van der Waals surface area contributed by atoms with Gasteiger partial charge in [0.15, 0.2) is 20.0 Å². The molecule has 0 unspecified atom stereocenters. The van der Waals surface area contributed by atoms with Crippen LogP contribution in [0, 0.1) is 0 Å². The van der Waals surface area contributed by atoms with E-state index < -0.39 is 42.9 Å². The summed E-state index contributed by atoms with van der Waals surface area (Å²) in [5.41, 5.74) is 0. The lowest BCUT2D eigenvalue weighted by molar-refractivity contribution is -0.696. The molecule has 1 aromatic rings. The van der Waals surface area contributed by atoms with Crippen molar-refractivity contribution in [2.75, 3.05) is 0 Å². The molecule has 36 heavy (non-hydrogen) atoms. The van der Waals surface area contributed by atoms with Crippen LogP contribution in [0.2, 0.25) is 0 Å². The van der Waals surface area contributed by atoms with Gasteiger partial charge in [0, 0.05) is 0 Å². The number of hydrogen-bond donors (Lipinski definition) is 0. The van der Waals surface area contributed by atoms with Gasteiger partial charge in [0.1, 0.15) is 12.4 Å². The molecular formula is C17H23F10N3O4S2. The maximum absolute atomic E-state index is 12.3. The van der Waals surface area contributed by atoms with Gasteiger partial charge in [0.2, 0.25) is 6.33 Å². The monoisotopic (exact) mass is 587 g/mol. The SMILES string of the molecule is C=Cn1cc[n+](CCCCCCCC)c1.O=S(=O)([N-]S(=O)(=O)C(F)(F)C(F)(F)F)C(F)(F)C(F)(F)F. The Labute approximate surface area is 200 Å². The van der Waals surface area contributed by atoms with E-state index in [1.54, 1.807) is 0 Å². The average molecular weight is 588 g/mol. The van der Waals surface area contributed by atoms with Crippen molar-refractivity contribution in [3.63, 3.8) is 0 Å². The molecular weight excluding hydrogens is 564 g/mol. The fourth-order valence-corrected chi connectivity index (χ4v) is 4.61. The van der Waals surface area contributed by atoms with E-state index in [1.165, 1.54) is 38.5 Å². The highest BCUT2D eigenvalue weighted by atomic mass is 32.3. The molecule has 0 aliphatic carbocycles. The Kier molecular flexibility index (Phi) is 11.9. The number of halogens is 10. The number of hydrogen-bond acceptors (Lipinski definition) is 4. The van der Waals surface area contributed by atoms with Gasteiger partial charge in [0.05, 0.1) is 12.7 Å². The third kappa shape index (κ3) is 8.89. The lowest BCUT2D eigenvalue weighted by atomic mass is 10.1. The summed E-state index contributed by atoms with van der Waals surface area (Å²) in [7, 11) is -15.2. The van der Waals surface area contributed by atoms with E-state index in [4.69, 9.17) is 0 Å². The predicted molar refractivity (Wildman–Crippen MR) is 108 cm³/mol. The first-order valence-electron chi connectivity index (χ1n) is 9.89. The highest BCUT2D eigenvalue weighted by molar-refractivity contribution is 8.13. The molecule has 0 radical (unpaired) electrons. The standard InChI is InChI=1S/C13H23N2.C4F10NO4S2/c1-3-5-6-7-8-9-10-15-12-11-14(4-2)13-15;5-1(6,7)3(11,12)20(16,17)15-21(18,19)4(13,14)2(8,9)10/h4,11-13H,2-3,5-10H2,1H3;/q+1;-1. The van der Waals surface area contributed by atoms with Crippen molar-refractivity contribution in [1.82, 2.24) is 4.57 Å². The zero-order chi connectivity index (χ0) is 28.6. The molecule has 0 fully saturated rings. The zero-order valence-electron chi connectivity index (χ0n) is 18.5. The first-order chi connectivity index (χ1) is 16.1. The normalized spacial score (nSPS) is 13.8. The van der Waals surface area contributed by atoms with Crippen LogP contribution in [0.1, 0.15) is 45.4 Å². The molecule has 0 spiro atoms. The smallest absolute Gasteiger partial charge is 0.425 e. The van der Waals surface area contributed by atoms with Crippen LogP contribution in [0.3, 0.4) is 0 Å². The van der Waals surface area contributed by atoms with E-state index in [2.05, 4.69) is 30.6 Å². The third-order valence-electron chi connectivity index (χ3n) is 4.20. The van der Waals surface area contributed by atoms with E-state index in [9.17, 15) is 60.7 Å². The number of aryl methyl sites for hydroxylation is 1.